The summed E-state index contributed by atoms with van der Waals surface area (Å²) >= 11 is 0. The van der Waals surface area contributed by atoms with E-state index < -0.39 is 0 Å². The molecule has 44 heavy (non-hydrogen) atoms. The molecule has 0 atom stereocenters. The molecule has 0 N–H and O–H groups in total. The Kier molecular flexibility index (Phi) is 5.74. The summed E-state index contributed by atoms with van der Waals surface area (Å²) in [5.41, 5.74) is 21.5. The Bertz CT molecular complexity index is 2190. The zero-order valence-electron chi connectivity index (χ0n) is 24.4. The monoisotopic (exact) mass is 558 g/mol. The van der Waals surface area contributed by atoms with Gasteiger partial charge in [-0.1, -0.05) is 152 Å². The SMILES string of the molecule is c1ccc(-c2c(-c3ccc(-c4cccc5c4Cc4ccccc4-5)cc3)cc3c(c2-c2ccccc2)Cc2ccccc2-3)cc1. The lowest BCUT2D eigenvalue weighted by Crippen LogP contribution is -1.97. The molecule has 0 saturated heterocycles. The van der Waals surface area contributed by atoms with Crippen LogP contribution in [0.3, 0.4) is 0 Å². The molecule has 0 unspecified atom stereocenters. The summed E-state index contributed by atoms with van der Waals surface area (Å²) in [4.78, 5) is 0. The second-order valence-electron chi connectivity index (χ2n) is 12.0. The Hall–Kier alpha value is -5.46. The van der Waals surface area contributed by atoms with Crippen LogP contribution >= 0.6 is 0 Å². The van der Waals surface area contributed by atoms with E-state index in [0.29, 0.717) is 0 Å². The molecule has 0 heteroatoms. The number of hydrogen-bond donors (Lipinski definition) is 0. The molecule has 9 rings (SSSR count). The van der Waals surface area contributed by atoms with Gasteiger partial charge in [0.15, 0.2) is 0 Å². The normalized spacial score (nSPS) is 12.4. The Balaban J connectivity index is 1.25. The lowest BCUT2D eigenvalue weighted by atomic mass is 9.82. The molecule has 2 aliphatic rings. The summed E-state index contributed by atoms with van der Waals surface area (Å²) in [5.74, 6) is 0. The number of fused-ring (bicyclic) bond motifs is 6. The van der Waals surface area contributed by atoms with Crippen LogP contribution in [0.5, 0.6) is 0 Å². The van der Waals surface area contributed by atoms with Crippen LogP contribution in [0.4, 0.5) is 0 Å². The average Bonchev–Trinajstić information content (AvgIpc) is 3.67. The molecular weight excluding hydrogens is 528 g/mol. The maximum absolute atomic E-state index is 2.46. The van der Waals surface area contributed by atoms with Gasteiger partial charge in [-0.25, -0.2) is 0 Å². The molecule has 0 aromatic heterocycles. The first kappa shape index (κ1) is 25.1. The van der Waals surface area contributed by atoms with Crippen molar-refractivity contribution >= 4 is 0 Å². The zero-order valence-corrected chi connectivity index (χ0v) is 24.4. The molecule has 0 heterocycles. The molecule has 0 spiro atoms. The van der Waals surface area contributed by atoms with Crippen LogP contribution in [0.15, 0.2) is 158 Å². The number of benzene rings is 7. The van der Waals surface area contributed by atoms with Gasteiger partial charge in [-0.3, -0.25) is 0 Å². The van der Waals surface area contributed by atoms with E-state index in [0.717, 1.165) is 12.8 Å². The molecule has 0 aliphatic heterocycles. The quantitative estimate of drug-likeness (QED) is 0.201. The van der Waals surface area contributed by atoms with Crippen LogP contribution in [0, 0.1) is 0 Å². The molecule has 0 nitrogen and oxygen atoms in total. The molecule has 0 saturated carbocycles. The lowest BCUT2D eigenvalue weighted by molar-refractivity contribution is 1.26. The molecule has 7 aromatic carbocycles. The first-order chi connectivity index (χ1) is 21.8. The Morgan fingerprint density at radius 2 is 0.750 bits per heavy atom. The van der Waals surface area contributed by atoms with Crippen molar-refractivity contribution in [2.75, 3.05) is 0 Å². The molecule has 0 fully saturated rings. The van der Waals surface area contributed by atoms with Crippen molar-refractivity contribution in [1.29, 1.82) is 0 Å². The minimum atomic E-state index is 0.955. The van der Waals surface area contributed by atoms with Crippen molar-refractivity contribution < 1.29 is 0 Å². The molecule has 206 valence electrons. The van der Waals surface area contributed by atoms with Crippen LogP contribution in [0.1, 0.15) is 22.3 Å². The molecule has 7 aromatic rings. The van der Waals surface area contributed by atoms with E-state index in [1.54, 1.807) is 0 Å². The van der Waals surface area contributed by atoms with Gasteiger partial charge < -0.3 is 0 Å². The lowest BCUT2D eigenvalue weighted by Gasteiger charge is -2.21. The number of hydrogen-bond acceptors (Lipinski definition) is 0. The third kappa shape index (κ3) is 3.92. The van der Waals surface area contributed by atoms with Gasteiger partial charge in [0.1, 0.15) is 0 Å². The fourth-order valence-electron chi connectivity index (χ4n) is 7.59. The minimum absolute atomic E-state index is 0.955. The summed E-state index contributed by atoms with van der Waals surface area (Å²) in [7, 11) is 0. The largest absolute Gasteiger partial charge is 0.0622 e. The van der Waals surface area contributed by atoms with Crippen LogP contribution in [-0.4, -0.2) is 0 Å². The standard InChI is InChI=1S/C44H30/c1-3-12-31(13-4-1)43-39(28-41-37-19-10-8-17-34(37)27-42(41)44(43)32-14-5-2-6-15-32)30-24-22-29(23-25-30)35-20-11-21-38-36-18-9-7-16-33(36)26-40(35)38/h1-25,28H,26-27H2. The Morgan fingerprint density at radius 1 is 0.273 bits per heavy atom. The van der Waals surface area contributed by atoms with Gasteiger partial charge in [0.05, 0.1) is 0 Å². The highest BCUT2D eigenvalue weighted by molar-refractivity contribution is 6.02. The topological polar surface area (TPSA) is 0 Å². The van der Waals surface area contributed by atoms with Crippen LogP contribution in [-0.2, 0) is 12.8 Å². The first-order valence-corrected chi connectivity index (χ1v) is 15.5. The summed E-state index contributed by atoms with van der Waals surface area (Å²) < 4.78 is 0. The van der Waals surface area contributed by atoms with Crippen LogP contribution < -0.4 is 0 Å². The van der Waals surface area contributed by atoms with Gasteiger partial charge in [-0.05, 0) is 108 Å². The van der Waals surface area contributed by atoms with E-state index in [4.69, 9.17) is 0 Å². The second kappa shape index (κ2) is 10.1. The van der Waals surface area contributed by atoms with Gasteiger partial charge in [0.2, 0.25) is 0 Å². The van der Waals surface area contributed by atoms with Gasteiger partial charge in [-0.15, -0.1) is 0 Å². The summed E-state index contributed by atoms with van der Waals surface area (Å²) in [6.45, 7) is 0. The zero-order chi connectivity index (χ0) is 29.0. The summed E-state index contributed by atoms with van der Waals surface area (Å²) in [6, 6.07) is 58.2. The van der Waals surface area contributed by atoms with E-state index >= 15 is 0 Å². The predicted molar refractivity (Wildman–Crippen MR) is 185 cm³/mol. The van der Waals surface area contributed by atoms with Crippen molar-refractivity contribution in [3.8, 4) is 66.8 Å². The van der Waals surface area contributed by atoms with Gasteiger partial charge in [0, 0.05) is 0 Å². The van der Waals surface area contributed by atoms with Gasteiger partial charge in [-0.2, -0.15) is 0 Å². The van der Waals surface area contributed by atoms with E-state index in [1.807, 2.05) is 0 Å². The summed E-state index contributed by atoms with van der Waals surface area (Å²) in [5, 5.41) is 0. The molecule has 0 bridgehead atoms. The van der Waals surface area contributed by atoms with Gasteiger partial charge >= 0.3 is 0 Å². The highest BCUT2D eigenvalue weighted by atomic mass is 14.3. The van der Waals surface area contributed by atoms with E-state index in [2.05, 4.69) is 158 Å². The molecule has 2 aliphatic carbocycles. The third-order valence-electron chi connectivity index (χ3n) is 9.59. The van der Waals surface area contributed by atoms with E-state index in [1.165, 1.54) is 89.0 Å². The predicted octanol–water partition coefficient (Wildman–Crippen LogP) is 11.5. The highest BCUT2D eigenvalue weighted by Gasteiger charge is 2.27. The maximum atomic E-state index is 2.46. The minimum Gasteiger partial charge on any atom is -0.0622 e. The first-order valence-electron chi connectivity index (χ1n) is 15.5. The van der Waals surface area contributed by atoms with Crippen LogP contribution in [0.2, 0.25) is 0 Å². The van der Waals surface area contributed by atoms with Crippen LogP contribution in [0.25, 0.3) is 66.8 Å². The fourth-order valence-corrected chi connectivity index (χ4v) is 7.59. The van der Waals surface area contributed by atoms with Crippen molar-refractivity contribution in [2.24, 2.45) is 0 Å². The second-order valence-corrected chi connectivity index (χ2v) is 12.0. The highest BCUT2D eigenvalue weighted by Crippen LogP contribution is 2.50. The van der Waals surface area contributed by atoms with Crippen molar-refractivity contribution in [1.82, 2.24) is 0 Å². The average molecular weight is 559 g/mol. The van der Waals surface area contributed by atoms with Crippen molar-refractivity contribution in [2.45, 2.75) is 12.8 Å². The molecule has 0 amide bonds. The van der Waals surface area contributed by atoms with Crippen molar-refractivity contribution in [3.63, 3.8) is 0 Å². The fraction of sp³-hybridized carbons (Fsp3) is 0.0455. The van der Waals surface area contributed by atoms with E-state index in [-0.39, 0.29) is 0 Å². The summed E-state index contributed by atoms with van der Waals surface area (Å²) in [6.07, 6.45) is 1.95. The smallest absolute Gasteiger partial charge is 0.000705 e. The Morgan fingerprint density at radius 3 is 1.41 bits per heavy atom. The molecule has 0 radical (unpaired) electrons. The number of rotatable bonds is 4. The third-order valence-corrected chi connectivity index (χ3v) is 9.59. The molecular formula is C44H30. The maximum Gasteiger partial charge on any atom is -0.000705 e. The van der Waals surface area contributed by atoms with Crippen molar-refractivity contribution in [3.05, 3.63) is 180 Å². The van der Waals surface area contributed by atoms with Gasteiger partial charge in [0.25, 0.3) is 0 Å². The van der Waals surface area contributed by atoms with E-state index in [9.17, 15) is 0 Å². The Labute approximate surface area is 258 Å².